The highest BCUT2D eigenvalue weighted by atomic mass is 16.1. The van der Waals surface area contributed by atoms with E-state index in [0.29, 0.717) is 11.4 Å². The Morgan fingerprint density at radius 3 is 2.21 bits per heavy atom. The first kappa shape index (κ1) is 19.4. The van der Waals surface area contributed by atoms with Gasteiger partial charge in [0.25, 0.3) is 5.91 Å². The zero-order valence-electron chi connectivity index (χ0n) is 16.6. The number of nitrogens with one attached hydrogen (secondary N) is 2. The maximum absolute atomic E-state index is 12.5. The van der Waals surface area contributed by atoms with E-state index in [1.165, 1.54) is 5.69 Å². The highest BCUT2D eigenvalue weighted by Gasteiger charge is 2.08. The molecule has 0 spiro atoms. The molecule has 0 atom stereocenters. The van der Waals surface area contributed by atoms with E-state index in [0.717, 1.165) is 30.0 Å². The van der Waals surface area contributed by atoms with Gasteiger partial charge in [-0.3, -0.25) is 4.79 Å². The highest BCUT2D eigenvalue weighted by molar-refractivity contribution is 6.04. The third-order valence-corrected chi connectivity index (χ3v) is 4.60. The SMILES string of the molecule is CCN(CC)c1ccc(Nc2cc(C(=O)Nc3ccc(C)cc3)ccn2)cc1. The van der Waals surface area contributed by atoms with E-state index >= 15 is 0 Å². The summed E-state index contributed by atoms with van der Waals surface area (Å²) in [6, 6.07) is 19.4. The number of carbonyl (C=O) groups excluding carboxylic acids is 1. The van der Waals surface area contributed by atoms with E-state index in [1.807, 2.05) is 43.3 Å². The Morgan fingerprint density at radius 1 is 0.929 bits per heavy atom. The maximum Gasteiger partial charge on any atom is 0.255 e. The van der Waals surface area contributed by atoms with Crippen LogP contribution in [0, 0.1) is 6.92 Å². The van der Waals surface area contributed by atoms with E-state index in [1.54, 1.807) is 18.3 Å². The summed E-state index contributed by atoms with van der Waals surface area (Å²) in [5, 5.41) is 6.17. The lowest BCUT2D eigenvalue weighted by Crippen LogP contribution is -2.21. The molecule has 1 heterocycles. The van der Waals surface area contributed by atoms with Gasteiger partial charge in [0, 0.05) is 41.9 Å². The Bertz CT molecular complexity index is 916. The molecule has 0 saturated heterocycles. The first-order valence-corrected chi connectivity index (χ1v) is 9.55. The highest BCUT2D eigenvalue weighted by Crippen LogP contribution is 2.21. The summed E-state index contributed by atoms with van der Waals surface area (Å²) in [5.41, 5.74) is 4.60. The number of pyridine rings is 1. The van der Waals surface area contributed by atoms with Gasteiger partial charge in [-0.25, -0.2) is 4.98 Å². The fourth-order valence-corrected chi connectivity index (χ4v) is 2.97. The Balaban J connectivity index is 1.69. The number of benzene rings is 2. The second-order valence-corrected chi connectivity index (χ2v) is 6.59. The molecule has 2 aromatic carbocycles. The average molecular weight is 374 g/mol. The molecule has 0 aliphatic rings. The van der Waals surface area contributed by atoms with E-state index in [4.69, 9.17) is 0 Å². The second-order valence-electron chi connectivity index (χ2n) is 6.59. The molecule has 3 rings (SSSR count). The van der Waals surface area contributed by atoms with E-state index < -0.39 is 0 Å². The first-order valence-electron chi connectivity index (χ1n) is 9.55. The van der Waals surface area contributed by atoms with Gasteiger partial charge in [0.15, 0.2) is 0 Å². The van der Waals surface area contributed by atoms with Gasteiger partial charge in [0.1, 0.15) is 5.82 Å². The molecule has 2 N–H and O–H groups in total. The van der Waals surface area contributed by atoms with Crippen molar-refractivity contribution in [2.75, 3.05) is 28.6 Å². The number of aromatic nitrogens is 1. The molecular formula is C23H26N4O. The van der Waals surface area contributed by atoms with Crippen molar-refractivity contribution < 1.29 is 4.79 Å². The fraction of sp³-hybridized carbons (Fsp3) is 0.217. The summed E-state index contributed by atoms with van der Waals surface area (Å²) >= 11 is 0. The lowest BCUT2D eigenvalue weighted by atomic mass is 10.2. The molecule has 144 valence electrons. The molecule has 5 heteroatoms. The molecule has 28 heavy (non-hydrogen) atoms. The molecule has 1 aromatic heterocycles. The molecule has 0 bridgehead atoms. The van der Waals surface area contributed by atoms with Crippen molar-refractivity contribution in [3.8, 4) is 0 Å². The molecule has 0 aliphatic carbocycles. The molecule has 0 saturated carbocycles. The predicted molar refractivity (Wildman–Crippen MR) is 117 cm³/mol. The van der Waals surface area contributed by atoms with Crippen LogP contribution in [-0.2, 0) is 0 Å². The maximum atomic E-state index is 12.5. The van der Waals surface area contributed by atoms with Crippen LogP contribution in [0.4, 0.5) is 22.9 Å². The second kappa shape index (κ2) is 9.04. The lowest BCUT2D eigenvalue weighted by molar-refractivity contribution is 0.102. The van der Waals surface area contributed by atoms with Crippen LogP contribution in [0.25, 0.3) is 0 Å². The van der Waals surface area contributed by atoms with Crippen LogP contribution >= 0.6 is 0 Å². The number of nitrogens with zero attached hydrogens (tertiary/aromatic N) is 2. The van der Waals surface area contributed by atoms with Gasteiger partial charge in [-0.05, 0) is 69.3 Å². The summed E-state index contributed by atoms with van der Waals surface area (Å²) < 4.78 is 0. The number of carbonyl (C=O) groups is 1. The van der Waals surface area contributed by atoms with E-state index in [9.17, 15) is 4.79 Å². The third-order valence-electron chi connectivity index (χ3n) is 4.60. The third kappa shape index (κ3) is 4.88. The molecule has 5 nitrogen and oxygen atoms in total. The zero-order valence-corrected chi connectivity index (χ0v) is 16.6. The molecule has 0 radical (unpaired) electrons. The van der Waals surface area contributed by atoms with Crippen LogP contribution in [-0.4, -0.2) is 24.0 Å². The minimum Gasteiger partial charge on any atom is -0.372 e. The Kier molecular flexibility index (Phi) is 6.27. The molecule has 3 aromatic rings. The van der Waals surface area contributed by atoms with Crippen molar-refractivity contribution in [2.45, 2.75) is 20.8 Å². The van der Waals surface area contributed by atoms with Gasteiger partial charge in [0.05, 0.1) is 0 Å². The van der Waals surface area contributed by atoms with Gasteiger partial charge in [0.2, 0.25) is 0 Å². The van der Waals surface area contributed by atoms with Gasteiger partial charge in [-0.2, -0.15) is 0 Å². The Labute approximate surface area is 166 Å². The zero-order chi connectivity index (χ0) is 19.9. The number of aryl methyl sites for hydroxylation is 1. The first-order chi connectivity index (χ1) is 13.6. The van der Waals surface area contributed by atoms with E-state index in [2.05, 4.69) is 46.5 Å². The molecule has 0 fully saturated rings. The monoisotopic (exact) mass is 374 g/mol. The Morgan fingerprint density at radius 2 is 1.57 bits per heavy atom. The van der Waals surface area contributed by atoms with Crippen LogP contribution in [0.3, 0.4) is 0 Å². The lowest BCUT2D eigenvalue weighted by Gasteiger charge is -2.21. The van der Waals surface area contributed by atoms with Crippen molar-refractivity contribution in [1.82, 2.24) is 4.98 Å². The normalized spacial score (nSPS) is 10.4. The van der Waals surface area contributed by atoms with Crippen LogP contribution in [0.5, 0.6) is 0 Å². The van der Waals surface area contributed by atoms with Crippen LogP contribution in [0.1, 0.15) is 29.8 Å². The predicted octanol–water partition coefficient (Wildman–Crippen LogP) is 5.23. The van der Waals surface area contributed by atoms with Gasteiger partial charge >= 0.3 is 0 Å². The smallest absolute Gasteiger partial charge is 0.255 e. The number of hydrogen-bond acceptors (Lipinski definition) is 4. The molecule has 0 aliphatic heterocycles. The Hall–Kier alpha value is -3.34. The summed E-state index contributed by atoms with van der Waals surface area (Å²) in [5.74, 6) is 0.471. The largest absolute Gasteiger partial charge is 0.372 e. The number of rotatable bonds is 7. The van der Waals surface area contributed by atoms with Crippen molar-refractivity contribution in [3.05, 3.63) is 78.0 Å². The van der Waals surface area contributed by atoms with Crippen LogP contribution in [0.2, 0.25) is 0 Å². The molecular weight excluding hydrogens is 348 g/mol. The minimum atomic E-state index is -0.161. The summed E-state index contributed by atoms with van der Waals surface area (Å²) in [4.78, 5) is 19.1. The summed E-state index contributed by atoms with van der Waals surface area (Å²) in [7, 11) is 0. The van der Waals surface area contributed by atoms with Gasteiger partial charge in [-0.15, -0.1) is 0 Å². The van der Waals surface area contributed by atoms with Crippen LogP contribution in [0.15, 0.2) is 66.9 Å². The van der Waals surface area contributed by atoms with Crippen molar-refractivity contribution in [1.29, 1.82) is 0 Å². The van der Waals surface area contributed by atoms with Crippen LogP contribution < -0.4 is 15.5 Å². The average Bonchev–Trinajstić information content (AvgIpc) is 2.72. The standard InChI is InChI=1S/C23H26N4O/c1-4-27(5-2)21-12-10-19(11-13-21)25-22-16-18(14-15-24-22)23(28)26-20-8-6-17(3)7-9-20/h6-16H,4-5H2,1-3H3,(H,24,25)(H,26,28). The number of hydrogen-bond donors (Lipinski definition) is 2. The van der Waals surface area contributed by atoms with Crippen molar-refractivity contribution in [3.63, 3.8) is 0 Å². The summed E-state index contributed by atoms with van der Waals surface area (Å²) in [6.45, 7) is 8.26. The van der Waals surface area contributed by atoms with Gasteiger partial charge < -0.3 is 15.5 Å². The minimum absolute atomic E-state index is 0.161. The number of anilines is 4. The van der Waals surface area contributed by atoms with E-state index in [-0.39, 0.29) is 5.91 Å². The number of amides is 1. The van der Waals surface area contributed by atoms with Crippen molar-refractivity contribution in [2.24, 2.45) is 0 Å². The topological polar surface area (TPSA) is 57.3 Å². The molecule has 1 amide bonds. The fourth-order valence-electron chi connectivity index (χ4n) is 2.97. The van der Waals surface area contributed by atoms with Gasteiger partial charge in [-0.1, -0.05) is 17.7 Å². The quantitative estimate of drug-likeness (QED) is 0.594. The van der Waals surface area contributed by atoms with Crippen molar-refractivity contribution >= 4 is 28.8 Å². The summed E-state index contributed by atoms with van der Waals surface area (Å²) in [6.07, 6.45) is 1.64. The molecule has 0 unspecified atom stereocenters.